The smallest absolute Gasteiger partial charge is 0.315 e. The van der Waals surface area contributed by atoms with Crippen molar-refractivity contribution in [2.45, 2.75) is 151 Å². The minimum atomic E-state index is -1.01. The summed E-state index contributed by atoms with van der Waals surface area (Å²) in [6, 6.07) is 0.728. The van der Waals surface area contributed by atoms with Gasteiger partial charge in [0.25, 0.3) is 0 Å². The van der Waals surface area contributed by atoms with Gasteiger partial charge in [-0.15, -0.1) is 0 Å². The highest BCUT2D eigenvalue weighted by Gasteiger charge is 2.46. The second-order valence-electron chi connectivity index (χ2n) is 17.1. The van der Waals surface area contributed by atoms with Crippen molar-refractivity contribution in [3.8, 4) is 0 Å². The number of rotatable bonds is 24. The highest BCUT2D eigenvalue weighted by molar-refractivity contribution is 8.00. The van der Waals surface area contributed by atoms with E-state index >= 15 is 0 Å². The molecule has 0 aromatic heterocycles. The third-order valence-electron chi connectivity index (χ3n) is 12.0. The molecule has 0 aromatic carbocycles. The lowest BCUT2D eigenvalue weighted by Crippen LogP contribution is -2.40. The summed E-state index contributed by atoms with van der Waals surface area (Å²) in [4.78, 5) is 92.6. The number of aliphatic hydroxyl groups is 2. The van der Waals surface area contributed by atoms with Crippen LogP contribution >= 0.6 is 23.5 Å². The van der Waals surface area contributed by atoms with E-state index in [1.54, 1.807) is 13.8 Å². The number of thioether (sulfide) groups is 2. The van der Waals surface area contributed by atoms with Crippen LogP contribution in [0.2, 0.25) is 0 Å². The molecule has 5 aliphatic rings. The number of hydrogen-bond acceptors (Lipinski definition) is 12. The predicted molar refractivity (Wildman–Crippen MR) is 228 cm³/mol. The van der Waals surface area contributed by atoms with Crippen LogP contribution in [0.4, 0.5) is 9.59 Å². The molecule has 0 bridgehead atoms. The van der Waals surface area contributed by atoms with Crippen molar-refractivity contribution in [1.82, 2.24) is 42.5 Å². The third kappa shape index (κ3) is 14.8. The van der Waals surface area contributed by atoms with Crippen LogP contribution in [0.3, 0.4) is 0 Å². The number of unbranched alkanes of at least 4 members (excludes halogenated alkanes) is 2. The van der Waals surface area contributed by atoms with Gasteiger partial charge in [0.1, 0.15) is 12.6 Å². The molecule has 8 atom stereocenters. The molecule has 18 nitrogen and oxygen atoms in total. The van der Waals surface area contributed by atoms with Crippen LogP contribution in [0.25, 0.3) is 0 Å². The molecule has 5 rings (SSSR count). The molecule has 4 saturated heterocycles. The Balaban J connectivity index is 0.000000265. The van der Waals surface area contributed by atoms with Crippen LogP contribution in [-0.4, -0.2) is 143 Å². The molecular weight excluding hydrogens is 817 g/mol. The predicted octanol–water partition coefficient (Wildman–Crippen LogP) is 0.376. The van der Waals surface area contributed by atoms with Crippen molar-refractivity contribution in [3.05, 3.63) is 0 Å². The summed E-state index contributed by atoms with van der Waals surface area (Å²) in [6.45, 7) is 5.12. The number of carbonyl (C=O) groups excluding carboxylic acids is 8. The van der Waals surface area contributed by atoms with Crippen molar-refractivity contribution in [2.75, 3.05) is 37.7 Å². The van der Waals surface area contributed by atoms with Gasteiger partial charge in [-0.3, -0.25) is 19.2 Å². The number of amides is 8. The van der Waals surface area contributed by atoms with Gasteiger partial charge in [-0.2, -0.15) is 23.5 Å². The van der Waals surface area contributed by atoms with Gasteiger partial charge in [-0.1, -0.05) is 19.8 Å². The first-order valence-electron chi connectivity index (χ1n) is 21.4. The number of aldehydes is 2. The molecule has 1 saturated carbocycles. The molecule has 8 amide bonds. The Kier molecular flexibility index (Phi) is 19.7. The summed E-state index contributed by atoms with van der Waals surface area (Å²) >= 11 is 3.76. The van der Waals surface area contributed by atoms with Crippen LogP contribution < -0.4 is 42.5 Å². The number of fused-ring (bicyclic) bond motifs is 2. The summed E-state index contributed by atoms with van der Waals surface area (Å²) in [5.74, 6) is 1.41. The molecule has 4 heterocycles. The van der Waals surface area contributed by atoms with E-state index in [1.165, 1.54) is 0 Å². The van der Waals surface area contributed by atoms with Gasteiger partial charge >= 0.3 is 12.1 Å². The van der Waals surface area contributed by atoms with Crippen molar-refractivity contribution in [2.24, 2.45) is 10.8 Å². The third-order valence-corrected chi connectivity index (χ3v) is 15.0. The molecule has 0 radical (unpaired) electrons. The minimum Gasteiger partial charge on any atom is -0.390 e. The van der Waals surface area contributed by atoms with Crippen molar-refractivity contribution < 1.29 is 48.6 Å². The van der Waals surface area contributed by atoms with Crippen LogP contribution in [0.5, 0.6) is 0 Å². The lowest BCUT2D eigenvalue weighted by Gasteiger charge is -2.23. The molecule has 4 aliphatic heterocycles. The molecule has 338 valence electrons. The minimum absolute atomic E-state index is 0.00203. The van der Waals surface area contributed by atoms with E-state index in [0.717, 1.165) is 50.0 Å². The van der Waals surface area contributed by atoms with Crippen LogP contribution in [-0.2, 0) is 28.8 Å². The van der Waals surface area contributed by atoms with Gasteiger partial charge in [0.05, 0.1) is 47.2 Å². The first-order valence-corrected chi connectivity index (χ1v) is 23.5. The van der Waals surface area contributed by atoms with E-state index in [2.05, 4.69) is 42.5 Å². The quantitative estimate of drug-likeness (QED) is 0.0358. The normalized spacial score (nSPS) is 28.7. The summed E-state index contributed by atoms with van der Waals surface area (Å²) in [6.07, 6.45) is 7.76. The maximum Gasteiger partial charge on any atom is 0.315 e. The summed E-state index contributed by atoms with van der Waals surface area (Å²) in [5, 5.41) is 43.2. The fourth-order valence-electron chi connectivity index (χ4n) is 8.29. The van der Waals surface area contributed by atoms with Crippen molar-refractivity contribution in [3.63, 3.8) is 0 Å². The van der Waals surface area contributed by atoms with E-state index in [0.29, 0.717) is 74.9 Å². The molecule has 60 heavy (non-hydrogen) atoms. The van der Waals surface area contributed by atoms with Crippen molar-refractivity contribution >= 4 is 71.8 Å². The second-order valence-corrected chi connectivity index (χ2v) is 19.6. The Hall–Kier alpha value is -3.62. The number of carbonyl (C=O) groups is 8. The SMILES string of the molecule is CC(CC=O)(CC=O)C(=O)NCCCNC(=O)CCCC[C@@H]1SC[C@@H]2NC(=O)N[C@@H]21.CC1(C(=O)NCCCNC(=O)CCCC[C@@H]2SC[C@@H]3NC(=O)N[C@@H]32)CC(O)C(O)C1. The standard InChI is InChI=1S/C20H34N4O5S.C20H32N4O5S/c1-20(9-13(25)14(26)10-20)18(28)22-8-4-7-21-16(27)6-3-2-5-15-17-12(11-30-15)23-19(29)24-17;1-20(7-11-25,8-12-26)18(28)22-10-4-9-21-16(27)6-3-2-5-15-17-14(13-30-15)23-19(29)24-17/h12-15,17,25-26H,2-11H2,1H3,(H,21,27)(H,22,28)(H2,23,24,29);11-12,14-15,17H,2-10,13H2,1H3,(H,21,27)(H,22,28)(H2,23,24,29)/t12-,13?,14?,15-,17-,20?;14-,15-,17-/m00/s1. The zero-order chi connectivity index (χ0) is 43.7. The highest BCUT2D eigenvalue weighted by atomic mass is 32.2. The molecular formula is C40H66N8O10S2. The summed E-state index contributed by atoms with van der Waals surface area (Å²) in [7, 11) is 0. The van der Waals surface area contributed by atoms with Gasteiger partial charge in [0, 0.05) is 73.9 Å². The van der Waals surface area contributed by atoms with E-state index in [1.807, 2.05) is 23.5 Å². The van der Waals surface area contributed by atoms with E-state index in [4.69, 9.17) is 0 Å². The Labute approximate surface area is 360 Å². The van der Waals surface area contributed by atoms with Gasteiger partial charge < -0.3 is 62.3 Å². The fourth-order valence-corrected chi connectivity index (χ4v) is 11.4. The van der Waals surface area contributed by atoms with Crippen molar-refractivity contribution in [1.29, 1.82) is 0 Å². The molecule has 1 aliphatic carbocycles. The second kappa shape index (κ2) is 24.1. The Morgan fingerprint density at radius 3 is 1.57 bits per heavy atom. The average molecular weight is 883 g/mol. The first kappa shape index (κ1) is 49.0. The molecule has 0 spiro atoms. The van der Waals surface area contributed by atoms with Crippen LogP contribution in [0.15, 0.2) is 0 Å². The van der Waals surface area contributed by atoms with Crippen LogP contribution in [0.1, 0.15) is 104 Å². The zero-order valence-corrected chi connectivity index (χ0v) is 36.5. The molecule has 10 N–H and O–H groups in total. The Morgan fingerprint density at radius 2 is 1.12 bits per heavy atom. The lowest BCUT2D eigenvalue weighted by molar-refractivity contribution is -0.134. The number of hydrogen-bond donors (Lipinski definition) is 10. The van der Waals surface area contributed by atoms with E-state index < -0.39 is 23.0 Å². The van der Waals surface area contributed by atoms with Crippen LogP contribution in [0, 0.1) is 10.8 Å². The topological polar surface area (TPSA) is 273 Å². The molecule has 2 unspecified atom stereocenters. The summed E-state index contributed by atoms with van der Waals surface area (Å²) in [5.41, 5.74) is -1.75. The highest BCUT2D eigenvalue weighted by Crippen LogP contribution is 2.38. The van der Waals surface area contributed by atoms with Gasteiger partial charge in [-0.25, -0.2) is 9.59 Å². The lowest BCUT2D eigenvalue weighted by atomic mass is 9.83. The van der Waals surface area contributed by atoms with E-state index in [9.17, 15) is 48.6 Å². The van der Waals surface area contributed by atoms with Gasteiger partial charge in [0.15, 0.2) is 0 Å². The Morgan fingerprint density at radius 1 is 0.683 bits per heavy atom. The maximum absolute atomic E-state index is 12.3. The molecule has 5 fully saturated rings. The summed E-state index contributed by atoms with van der Waals surface area (Å²) < 4.78 is 0. The monoisotopic (exact) mass is 882 g/mol. The average Bonchev–Trinajstić information content (AvgIpc) is 4.00. The van der Waals surface area contributed by atoms with Gasteiger partial charge in [-0.05, 0) is 58.3 Å². The van der Waals surface area contributed by atoms with Gasteiger partial charge in [0.2, 0.25) is 23.6 Å². The fraction of sp³-hybridized carbons (Fsp3) is 0.800. The number of urea groups is 2. The Bertz CT molecular complexity index is 1490. The molecule has 20 heteroatoms. The number of nitrogens with one attached hydrogen (secondary N) is 8. The number of aliphatic hydroxyl groups excluding tert-OH is 2. The molecule has 0 aromatic rings. The largest absolute Gasteiger partial charge is 0.390 e. The van der Waals surface area contributed by atoms with E-state index in [-0.39, 0.29) is 85.5 Å². The maximum atomic E-state index is 12.3. The zero-order valence-electron chi connectivity index (χ0n) is 34.9. The first-order chi connectivity index (χ1) is 28.7.